The standard InChI is InChI=1S/C7H2F8N4S4/c8-5(9,6(10,11)12)1-16-4(23-19(1)7(13,14)15)21-2-17-3(20)22-18-2/h1H,(H,17,18,20). The Morgan fingerprint density at radius 3 is 2.13 bits per heavy atom. The lowest BCUT2D eigenvalue weighted by atomic mass is 10.2. The number of hydrogen-bond acceptors (Lipinski definition) is 8. The molecule has 0 bridgehead atoms. The van der Waals surface area contributed by atoms with Gasteiger partial charge in [-0.3, -0.25) is 0 Å². The largest absolute Gasteiger partial charge is 0.471 e. The summed E-state index contributed by atoms with van der Waals surface area (Å²) >= 11 is 4.50. The molecule has 130 valence electrons. The molecule has 0 fully saturated rings. The Morgan fingerprint density at radius 1 is 1.09 bits per heavy atom. The van der Waals surface area contributed by atoms with Gasteiger partial charge >= 0.3 is 18.4 Å². The molecule has 0 saturated carbocycles. The Bertz CT molecular complexity index is 610. The van der Waals surface area contributed by atoms with Crippen LogP contribution in [0.5, 0.6) is 0 Å². The fourth-order valence-electron chi connectivity index (χ4n) is 1.24. The molecule has 0 aliphatic carbocycles. The van der Waals surface area contributed by atoms with Gasteiger partial charge in [-0.15, -0.1) is 16.9 Å². The smallest absolute Gasteiger partial charge is 0.243 e. The van der Waals surface area contributed by atoms with Crippen molar-refractivity contribution in [3.05, 3.63) is 0 Å². The third kappa shape index (κ3) is 4.02. The Kier molecular flexibility index (Phi) is 5.12. The zero-order valence-electron chi connectivity index (χ0n) is 10.1. The number of alkyl halides is 8. The van der Waals surface area contributed by atoms with E-state index in [4.69, 9.17) is 0 Å². The van der Waals surface area contributed by atoms with Gasteiger partial charge in [-0.25, -0.2) is 9.98 Å². The molecule has 1 atom stereocenters. The summed E-state index contributed by atoms with van der Waals surface area (Å²) in [4.78, 5) is 6.49. The maximum atomic E-state index is 13.3. The Hall–Kier alpha value is -0.320. The first-order chi connectivity index (χ1) is 10.3. The van der Waals surface area contributed by atoms with E-state index in [1.54, 1.807) is 0 Å². The highest BCUT2D eigenvalue weighted by Crippen LogP contribution is 2.50. The van der Waals surface area contributed by atoms with Crippen LogP contribution in [-0.4, -0.2) is 42.6 Å². The highest BCUT2D eigenvalue weighted by Gasteiger charge is 2.69. The van der Waals surface area contributed by atoms with Crippen molar-refractivity contribution in [3.63, 3.8) is 0 Å². The number of aromatic nitrogens is 2. The Morgan fingerprint density at radius 2 is 1.70 bits per heavy atom. The molecule has 2 heterocycles. The maximum absolute atomic E-state index is 13.3. The number of thiol groups is 1. The molecule has 0 amide bonds. The molecule has 0 N–H and O–H groups in total. The fraction of sp³-hybridized carbons (Fsp3) is 0.571. The van der Waals surface area contributed by atoms with Crippen molar-refractivity contribution < 1.29 is 35.1 Å². The number of thioether (sulfide) groups is 1. The van der Waals surface area contributed by atoms with Crippen molar-refractivity contribution in [1.29, 1.82) is 0 Å². The molecule has 2 rings (SSSR count). The van der Waals surface area contributed by atoms with E-state index < -0.39 is 33.2 Å². The van der Waals surface area contributed by atoms with E-state index >= 15 is 0 Å². The minimum atomic E-state index is -6.19. The van der Waals surface area contributed by atoms with Crippen LogP contribution in [0.1, 0.15) is 0 Å². The summed E-state index contributed by atoms with van der Waals surface area (Å²) < 4.78 is 104. The van der Waals surface area contributed by atoms with Gasteiger partial charge in [0.1, 0.15) is 4.38 Å². The van der Waals surface area contributed by atoms with E-state index in [9.17, 15) is 35.1 Å². The number of nitrogens with zero attached hydrogens (tertiary/aromatic N) is 4. The van der Waals surface area contributed by atoms with Crippen LogP contribution in [0.25, 0.3) is 0 Å². The fourth-order valence-corrected chi connectivity index (χ4v) is 3.93. The van der Waals surface area contributed by atoms with Crippen molar-refractivity contribution in [2.45, 2.75) is 34.1 Å². The molecule has 0 saturated heterocycles. The number of halogens is 8. The summed E-state index contributed by atoms with van der Waals surface area (Å²) in [6.07, 6.45) is -15.1. The van der Waals surface area contributed by atoms with Crippen molar-refractivity contribution in [2.75, 3.05) is 0 Å². The van der Waals surface area contributed by atoms with Crippen LogP contribution in [-0.2, 0) is 0 Å². The summed E-state index contributed by atoms with van der Waals surface area (Å²) in [7, 11) is 0. The van der Waals surface area contributed by atoms with Gasteiger partial charge in [0.05, 0.1) is 0 Å². The van der Waals surface area contributed by atoms with E-state index in [-0.39, 0.29) is 21.4 Å². The van der Waals surface area contributed by atoms with Gasteiger partial charge in [0, 0.05) is 0 Å². The molecule has 1 aromatic heterocycles. The van der Waals surface area contributed by atoms with Crippen LogP contribution in [0, 0.1) is 0 Å². The van der Waals surface area contributed by atoms with Crippen molar-refractivity contribution in [1.82, 2.24) is 13.7 Å². The second-order valence-electron chi connectivity index (χ2n) is 3.74. The minimum Gasteiger partial charge on any atom is -0.243 e. The lowest BCUT2D eigenvalue weighted by molar-refractivity contribution is -0.319. The topological polar surface area (TPSA) is 41.4 Å². The predicted octanol–water partition coefficient (Wildman–Crippen LogP) is 4.28. The van der Waals surface area contributed by atoms with Crippen LogP contribution < -0.4 is 0 Å². The summed E-state index contributed by atoms with van der Waals surface area (Å²) in [5.74, 6) is -5.69. The lowest BCUT2D eigenvalue weighted by Gasteiger charge is -2.30. The van der Waals surface area contributed by atoms with Crippen LogP contribution in [0.4, 0.5) is 35.1 Å². The van der Waals surface area contributed by atoms with Gasteiger partial charge in [-0.05, 0) is 35.2 Å². The normalized spacial score (nSPS) is 20.9. The van der Waals surface area contributed by atoms with Gasteiger partial charge in [-0.1, -0.05) is 0 Å². The molecule has 0 spiro atoms. The maximum Gasteiger partial charge on any atom is 0.471 e. The van der Waals surface area contributed by atoms with Crippen molar-refractivity contribution >= 4 is 52.2 Å². The van der Waals surface area contributed by atoms with Crippen LogP contribution in [0.3, 0.4) is 0 Å². The molecule has 4 nitrogen and oxygen atoms in total. The molecule has 23 heavy (non-hydrogen) atoms. The first kappa shape index (κ1) is 19.0. The monoisotopic (exact) mass is 422 g/mol. The van der Waals surface area contributed by atoms with E-state index in [0.29, 0.717) is 11.8 Å². The molecule has 1 aliphatic rings. The highest BCUT2D eigenvalue weighted by atomic mass is 32.2. The van der Waals surface area contributed by atoms with Crippen LogP contribution >= 0.6 is 47.9 Å². The number of aliphatic imine (C=N–C) groups is 1. The Labute approximate surface area is 140 Å². The minimum absolute atomic E-state index is 0.140. The third-order valence-corrected chi connectivity index (χ3v) is 5.12. The van der Waals surface area contributed by atoms with Crippen LogP contribution in [0.2, 0.25) is 0 Å². The second-order valence-corrected chi connectivity index (χ2v) is 7.39. The molecule has 0 aromatic carbocycles. The molecule has 0 radical (unpaired) electrons. The summed E-state index contributed by atoms with van der Waals surface area (Å²) in [5, 5.41) is -0.163. The molecular formula is C7H2F8N4S4. The van der Waals surface area contributed by atoms with Gasteiger partial charge < -0.3 is 0 Å². The highest BCUT2D eigenvalue weighted by molar-refractivity contribution is 8.38. The zero-order valence-corrected chi connectivity index (χ0v) is 13.4. The predicted molar refractivity (Wildman–Crippen MR) is 70.7 cm³/mol. The average Bonchev–Trinajstić information content (AvgIpc) is 2.94. The molecular weight excluding hydrogens is 420 g/mol. The van der Waals surface area contributed by atoms with E-state index in [1.165, 1.54) is 0 Å². The molecule has 1 aromatic rings. The average molecular weight is 422 g/mol. The molecule has 1 aliphatic heterocycles. The summed E-state index contributed by atoms with van der Waals surface area (Å²) in [6, 6.07) is 0. The van der Waals surface area contributed by atoms with E-state index in [1.807, 2.05) is 0 Å². The summed E-state index contributed by atoms with van der Waals surface area (Å²) in [5.41, 5.74) is 0. The first-order valence-electron chi connectivity index (χ1n) is 5.09. The van der Waals surface area contributed by atoms with E-state index in [0.717, 1.165) is 11.5 Å². The molecule has 1 unspecified atom stereocenters. The number of hydrogen-bond donors (Lipinski definition) is 1. The third-order valence-electron chi connectivity index (χ3n) is 2.15. The molecule has 16 heteroatoms. The van der Waals surface area contributed by atoms with Gasteiger partial charge in [0.15, 0.2) is 10.5 Å². The Balaban J connectivity index is 2.31. The van der Waals surface area contributed by atoms with Gasteiger partial charge in [-0.2, -0.15) is 39.5 Å². The van der Waals surface area contributed by atoms with Crippen molar-refractivity contribution in [3.8, 4) is 0 Å². The summed E-state index contributed by atoms with van der Waals surface area (Å²) in [6.45, 7) is 0. The quantitative estimate of drug-likeness (QED) is 0.334. The van der Waals surface area contributed by atoms with Gasteiger partial charge in [0.25, 0.3) is 0 Å². The number of rotatable bonds is 2. The lowest BCUT2D eigenvalue weighted by Crippen LogP contribution is -2.54. The van der Waals surface area contributed by atoms with Gasteiger partial charge in [0.2, 0.25) is 5.16 Å². The van der Waals surface area contributed by atoms with Crippen LogP contribution in [0.15, 0.2) is 14.5 Å². The first-order valence-corrected chi connectivity index (χ1v) is 7.90. The van der Waals surface area contributed by atoms with E-state index in [2.05, 4.69) is 27.0 Å². The second kappa shape index (κ2) is 6.20. The van der Waals surface area contributed by atoms with Crippen molar-refractivity contribution in [2.24, 2.45) is 4.99 Å². The SMILES string of the molecule is FC(F)(F)N1SC(Sc2nsc(S)n2)=NC1C(F)(F)C(F)(F)F. The zero-order chi connectivity index (χ0) is 17.6.